The molecule has 6 rings (SSSR count). The van der Waals surface area contributed by atoms with Crippen LogP contribution in [0.4, 0.5) is 5.69 Å². The Labute approximate surface area is 202 Å². The molecule has 3 aliphatic carbocycles. The Morgan fingerprint density at radius 3 is 2.23 bits per heavy atom. The number of carbonyl (C=O) groups is 2. The first kappa shape index (κ1) is 22.8. The van der Waals surface area contributed by atoms with Crippen molar-refractivity contribution in [2.75, 3.05) is 6.61 Å². The maximum absolute atomic E-state index is 12.9. The third-order valence-corrected chi connectivity index (χ3v) is 6.87. The Kier molecular flexibility index (Phi) is 6.07. The van der Waals surface area contributed by atoms with Crippen molar-refractivity contribution in [2.45, 2.75) is 26.4 Å². The molecule has 2 aromatic rings. The number of ether oxygens (including phenoxy) is 2. The van der Waals surface area contributed by atoms with Crippen LogP contribution in [0.25, 0.3) is 0 Å². The second kappa shape index (κ2) is 9.32. The van der Waals surface area contributed by atoms with Crippen LogP contribution in [0.2, 0.25) is 0 Å². The van der Waals surface area contributed by atoms with E-state index in [1.807, 2.05) is 6.92 Å². The van der Waals surface area contributed by atoms with Gasteiger partial charge in [-0.15, -0.1) is 0 Å². The number of hydrazone groups is 1. The minimum Gasteiger partial charge on any atom is -0.490 e. The van der Waals surface area contributed by atoms with E-state index in [2.05, 4.69) is 17.3 Å². The molecule has 4 atom stereocenters. The largest absolute Gasteiger partial charge is 0.490 e. The van der Waals surface area contributed by atoms with Crippen molar-refractivity contribution in [2.24, 2.45) is 28.8 Å². The molecule has 1 saturated carbocycles. The first-order chi connectivity index (χ1) is 17.0. The SMILES string of the molecule is CCOc1cc(/C=N\N2C(=O)[C@@H]3[C@@H](C2=O)[C@H]2C=C[C@H]3CC2)ccc1OCc1ccc([N+](=O)[O-])cc1. The zero-order valence-corrected chi connectivity index (χ0v) is 19.2. The second-order valence-corrected chi connectivity index (χ2v) is 8.93. The van der Waals surface area contributed by atoms with Crippen molar-refractivity contribution in [3.05, 3.63) is 75.9 Å². The molecule has 4 aliphatic rings. The highest BCUT2D eigenvalue weighted by Crippen LogP contribution is 2.49. The monoisotopic (exact) mass is 475 g/mol. The van der Waals surface area contributed by atoms with Crippen LogP contribution in [0.15, 0.2) is 59.7 Å². The van der Waals surface area contributed by atoms with Crippen LogP contribution in [0.5, 0.6) is 11.5 Å². The van der Waals surface area contributed by atoms with Crippen molar-refractivity contribution in [1.82, 2.24) is 5.01 Å². The predicted octanol–water partition coefficient (Wildman–Crippen LogP) is 4.10. The fraction of sp³-hybridized carbons (Fsp3) is 0.346. The van der Waals surface area contributed by atoms with Crippen molar-refractivity contribution in [3.63, 3.8) is 0 Å². The van der Waals surface area contributed by atoms with Crippen molar-refractivity contribution in [3.8, 4) is 11.5 Å². The highest BCUT2D eigenvalue weighted by Gasteiger charge is 2.56. The molecule has 0 spiro atoms. The van der Waals surface area contributed by atoms with Crippen LogP contribution < -0.4 is 9.47 Å². The molecule has 2 aromatic carbocycles. The summed E-state index contributed by atoms with van der Waals surface area (Å²) < 4.78 is 11.6. The predicted molar refractivity (Wildman–Crippen MR) is 127 cm³/mol. The summed E-state index contributed by atoms with van der Waals surface area (Å²) in [5.41, 5.74) is 1.46. The maximum Gasteiger partial charge on any atom is 0.269 e. The molecule has 9 nitrogen and oxygen atoms in total. The summed E-state index contributed by atoms with van der Waals surface area (Å²) in [7, 11) is 0. The van der Waals surface area contributed by atoms with Gasteiger partial charge < -0.3 is 9.47 Å². The lowest BCUT2D eigenvalue weighted by Crippen LogP contribution is -2.38. The third kappa shape index (κ3) is 4.29. The maximum atomic E-state index is 12.9. The molecule has 1 aliphatic heterocycles. The number of imide groups is 1. The molecular formula is C26H25N3O6. The average molecular weight is 476 g/mol. The molecule has 180 valence electrons. The van der Waals surface area contributed by atoms with Crippen LogP contribution in [-0.4, -0.2) is 34.6 Å². The van der Waals surface area contributed by atoms with Gasteiger partial charge in [0.2, 0.25) is 0 Å². The molecule has 35 heavy (non-hydrogen) atoms. The summed E-state index contributed by atoms with van der Waals surface area (Å²) in [6.45, 7) is 2.48. The van der Waals surface area contributed by atoms with Gasteiger partial charge in [0.1, 0.15) is 6.61 Å². The van der Waals surface area contributed by atoms with E-state index in [0.717, 1.165) is 23.4 Å². The molecule has 1 heterocycles. The number of amides is 2. The van der Waals surface area contributed by atoms with E-state index in [-0.39, 0.29) is 47.8 Å². The average Bonchev–Trinajstić information content (AvgIpc) is 3.15. The lowest BCUT2D eigenvalue weighted by Gasteiger charge is -2.37. The standard InChI is InChI=1S/C26H25N3O6/c1-2-34-22-13-17(5-12-21(22)35-15-16-3-10-20(11-4-16)29(32)33)14-27-28-25(30)23-18-6-7-19(9-8-18)24(23)26(28)31/h3-7,10-14,18-19,23-24H,2,8-9,15H2,1H3/b27-14-/t18-,19-,23-,24-/m0/s1. The van der Waals surface area contributed by atoms with Crippen molar-refractivity contribution in [1.29, 1.82) is 0 Å². The van der Waals surface area contributed by atoms with Gasteiger partial charge in [-0.3, -0.25) is 19.7 Å². The van der Waals surface area contributed by atoms with Gasteiger partial charge in [-0.25, -0.2) is 0 Å². The van der Waals surface area contributed by atoms with Crippen molar-refractivity contribution >= 4 is 23.7 Å². The van der Waals surface area contributed by atoms with E-state index in [1.165, 1.54) is 18.3 Å². The van der Waals surface area contributed by atoms with E-state index in [4.69, 9.17) is 9.47 Å². The quantitative estimate of drug-likeness (QED) is 0.187. The normalized spacial score (nSPS) is 24.8. The number of rotatable bonds is 8. The summed E-state index contributed by atoms with van der Waals surface area (Å²) >= 11 is 0. The van der Waals surface area contributed by atoms with Gasteiger partial charge in [-0.2, -0.15) is 10.1 Å². The van der Waals surface area contributed by atoms with Crippen LogP contribution in [0.3, 0.4) is 0 Å². The third-order valence-electron chi connectivity index (χ3n) is 6.87. The van der Waals surface area contributed by atoms with E-state index in [1.54, 1.807) is 30.3 Å². The van der Waals surface area contributed by atoms with E-state index in [9.17, 15) is 19.7 Å². The van der Waals surface area contributed by atoms with Gasteiger partial charge in [0.05, 0.1) is 29.6 Å². The topological polar surface area (TPSA) is 111 Å². The van der Waals surface area contributed by atoms with Crippen LogP contribution >= 0.6 is 0 Å². The molecule has 9 heteroatoms. The lowest BCUT2D eigenvalue weighted by atomic mass is 9.63. The molecule has 2 bridgehead atoms. The zero-order chi connectivity index (χ0) is 24.5. The lowest BCUT2D eigenvalue weighted by molar-refractivity contribution is -0.384. The fourth-order valence-electron chi connectivity index (χ4n) is 5.16. The minimum atomic E-state index is -0.448. The van der Waals surface area contributed by atoms with Gasteiger partial charge in [0, 0.05) is 12.1 Å². The number of nitrogens with zero attached hydrogens (tertiary/aromatic N) is 3. The molecule has 2 fully saturated rings. The first-order valence-electron chi connectivity index (χ1n) is 11.7. The fourth-order valence-corrected chi connectivity index (χ4v) is 5.16. The van der Waals surface area contributed by atoms with Crippen molar-refractivity contribution < 1.29 is 24.0 Å². The Hall–Kier alpha value is -4.01. The Morgan fingerprint density at radius 1 is 1.00 bits per heavy atom. The van der Waals surface area contributed by atoms with E-state index >= 15 is 0 Å². The number of fused-ring (bicyclic) bond motifs is 1. The van der Waals surface area contributed by atoms with E-state index in [0.29, 0.717) is 23.7 Å². The van der Waals surface area contributed by atoms with Gasteiger partial charge in [-0.1, -0.05) is 12.2 Å². The molecule has 1 saturated heterocycles. The minimum absolute atomic E-state index is 0.0190. The van der Waals surface area contributed by atoms with Crippen LogP contribution in [-0.2, 0) is 16.2 Å². The number of benzene rings is 2. The molecule has 0 radical (unpaired) electrons. The summed E-state index contributed by atoms with van der Waals surface area (Å²) in [6.07, 6.45) is 7.54. The summed E-state index contributed by atoms with van der Waals surface area (Å²) in [4.78, 5) is 36.2. The second-order valence-electron chi connectivity index (χ2n) is 8.93. The number of allylic oxidation sites excluding steroid dienone is 2. The summed E-state index contributed by atoms with van der Waals surface area (Å²) in [5, 5.41) is 16.1. The molecule has 0 N–H and O–H groups in total. The number of non-ortho nitro benzene ring substituents is 1. The Bertz CT molecular complexity index is 1190. The van der Waals surface area contributed by atoms with Gasteiger partial charge in [0.25, 0.3) is 17.5 Å². The smallest absolute Gasteiger partial charge is 0.269 e. The van der Waals surface area contributed by atoms with Gasteiger partial charge in [-0.05, 0) is 73.1 Å². The summed E-state index contributed by atoms with van der Waals surface area (Å²) in [6, 6.07) is 11.4. The number of hydrogen-bond donors (Lipinski definition) is 0. The summed E-state index contributed by atoms with van der Waals surface area (Å²) in [5.74, 6) is 0.219. The molecular weight excluding hydrogens is 450 g/mol. The Morgan fingerprint density at radius 2 is 1.66 bits per heavy atom. The van der Waals surface area contributed by atoms with Crippen LogP contribution in [0.1, 0.15) is 30.9 Å². The number of hydrogen-bond acceptors (Lipinski definition) is 7. The number of nitro benzene ring substituents is 1. The number of carbonyl (C=O) groups excluding carboxylic acids is 2. The van der Waals surface area contributed by atoms with E-state index < -0.39 is 4.92 Å². The molecule has 0 unspecified atom stereocenters. The molecule has 2 amide bonds. The van der Waals surface area contributed by atoms with Gasteiger partial charge in [0.15, 0.2) is 11.5 Å². The highest BCUT2D eigenvalue weighted by atomic mass is 16.6. The highest BCUT2D eigenvalue weighted by molar-refractivity contribution is 6.06. The number of nitro groups is 1. The Balaban J connectivity index is 1.29. The van der Waals surface area contributed by atoms with Gasteiger partial charge >= 0.3 is 0 Å². The zero-order valence-electron chi connectivity index (χ0n) is 19.2. The van der Waals surface area contributed by atoms with Crippen LogP contribution in [0, 0.1) is 33.8 Å². The molecule has 0 aromatic heterocycles. The first-order valence-corrected chi connectivity index (χ1v) is 11.7.